The lowest BCUT2D eigenvalue weighted by molar-refractivity contribution is -0.615. The van der Waals surface area contributed by atoms with E-state index in [2.05, 4.69) is 15.1 Å². The summed E-state index contributed by atoms with van der Waals surface area (Å²) in [5.74, 6) is -1.06. The molecular formula is C15H13N5O4. The number of pyridine rings is 1. The number of rotatable bonds is 4. The van der Waals surface area contributed by atoms with Crippen LogP contribution in [0.15, 0.2) is 24.7 Å². The predicted octanol–water partition coefficient (Wildman–Crippen LogP) is 0.722. The normalized spacial score (nSPS) is 10.9. The second-order valence-corrected chi connectivity index (χ2v) is 5.26. The number of ketones is 1. The fraction of sp³-hybridized carbons (Fsp3) is 0.200. The summed E-state index contributed by atoms with van der Waals surface area (Å²) in [4.78, 5) is 30.9. The van der Waals surface area contributed by atoms with Crippen LogP contribution in [0.25, 0.3) is 22.2 Å². The minimum atomic E-state index is -1.08. The molecule has 0 aliphatic rings. The van der Waals surface area contributed by atoms with E-state index in [-0.39, 0.29) is 18.0 Å². The molecule has 0 unspecified atom stereocenters. The number of carboxylic acids is 1. The van der Waals surface area contributed by atoms with Crippen LogP contribution in [0.5, 0.6) is 0 Å². The summed E-state index contributed by atoms with van der Waals surface area (Å²) in [6.45, 7) is 2.56. The van der Waals surface area contributed by atoms with Crippen LogP contribution in [0, 0.1) is 12.1 Å². The number of hydrogen-bond donors (Lipinski definition) is 1. The molecule has 9 heteroatoms. The van der Waals surface area contributed by atoms with Gasteiger partial charge in [0.15, 0.2) is 12.0 Å². The molecule has 1 N–H and O–H groups in total. The Morgan fingerprint density at radius 1 is 1.33 bits per heavy atom. The van der Waals surface area contributed by atoms with E-state index in [9.17, 15) is 14.8 Å². The van der Waals surface area contributed by atoms with Crippen molar-refractivity contribution in [3.63, 3.8) is 0 Å². The highest BCUT2D eigenvalue weighted by Gasteiger charge is 2.18. The quantitative estimate of drug-likeness (QED) is 0.425. The fourth-order valence-corrected chi connectivity index (χ4v) is 2.34. The third-order valence-electron chi connectivity index (χ3n) is 3.52. The molecule has 0 bridgehead atoms. The van der Waals surface area contributed by atoms with Gasteiger partial charge in [-0.15, -0.1) is 0 Å². The maximum atomic E-state index is 11.8. The lowest BCUT2D eigenvalue weighted by Gasteiger charge is -2.05. The van der Waals surface area contributed by atoms with E-state index in [1.165, 1.54) is 30.2 Å². The zero-order valence-electron chi connectivity index (χ0n) is 12.9. The van der Waals surface area contributed by atoms with E-state index in [1.807, 2.05) is 0 Å². The van der Waals surface area contributed by atoms with E-state index in [4.69, 9.17) is 5.11 Å². The predicted molar refractivity (Wildman–Crippen MR) is 82.1 cm³/mol. The molecule has 0 aliphatic heterocycles. The van der Waals surface area contributed by atoms with Crippen LogP contribution in [0.1, 0.15) is 23.2 Å². The molecule has 122 valence electrons. The smallest absolute Gasteiger partial charge is 0.325 e. The van der Waals surface area contributed by atoms with Crippen LogP contribution in [0.4, 0.5) is 0 Å². The number of carbonyl (C=O) groups excluding carboxylic acids is 1. The molecule has 3 heterocycles. The first-order chi connectivity index (χ1) is 11.4. The first-order valence-corrected chi connectivity index (χ1v) is 7.02. The number of aromatic nitrogens is 5. The van der Waals surface area contributed by atoms with Gasteiger partial charge >= 0.3 is 5.97 Å². The van der Waals surface area contributed by atoms with Crippen molar-refractivity contribution in [2.75, 3.05) is 0 Å². The van der Waals surface area contributed by atoms with E-state index in [0.717, 1.165) is 0 Å². The summed E-state index contributed by atoms with van der Waals surface area (Å²) in [5, 5.41) is 25.2. The Morgan fingerprint density at radius 2 is 2.08 bits per heavy atom. The third-order valence-corrected chi connectivity index (χ3v) is 3.52. The molecule has 3 aromatic heterocycles. The fourth-order valence-electron chi connectivity index (χ4n) is 2.34. The number of carboxylic acid groups (broad SMARTS) is 1. The highest BCUT2D eigenvalue weighted by Crippen LogP contribution is 2.24. The molecule has 0 amide bonds. The zero-order valence-corrected chi connectivity index (χ0v) is 12.9. The van der Waals surface area contributed by atoms with Gasteiger partial charge in [0, 0.05) is 19.2 Å². The number of carbonyl (C=O) groups is 2. The third kappa shape index (κ3) is 2.67. The molecule has 0 saturated carbocycles. The molecule has 0 atom stereocenters. The van der Waals surface area contributed by atoms with Crippen molar-refractivity contribution in [2.45, 2.75) is 20.4 Å². The summed E-state index contributed by atoms with van der Waals surface area (Å²) in [6, 6.07) is 1.60. The van der Waals surface area contributed by atoms with E-state index in [1.54, 1.807) is 13.0 Å². The number of aliphatic carboxylic acids is 1. The van der Waals surface area contributed by atoms with Gasteiger partial charge in [-0.1, -0.05) is 4.98 Å². The van der Waals surface area contributed by atoms with Crippen molar-refractivity contribution in [3.8, 4) is 11.3 Å². The first-order valence-electron chi connectivity index (χ1n) is 7.02. The molecule has 0 saturated heterocycles. The summed E-state index contributed by atoms with van der Waals surface area (Å²) in [5.41, 5.74) is 1.52. The average molecular weight is 327 g/mol. The molecule has 24 heavy (non-hydrogen) atoms. The van der Waals surface area contributed by atoms with Gasteiger partial charge in [0.05, 0.1) is 23.0 Å². The Kier molecular flexibility index (Phi) is 3.68. The Bertz CT molecular complexity index is 979. The molecular weight excluding hydrogens is 314 g/mol. The highest BCUT2D eigenvalue weighted by atomic mass is 16.5. The van der Waals surface area contributed by atoms with Crippen molar-refractivity contribution in [2.24, 2.45) is 0 Å². The molecule has 9 nitrogen and oxygen atoms in total. The maximum Gasteiger partial charge on any atom is 0.325 e. The van der Waals surface area contributed by atoms with Crippen LogP contribution < -0.4 is 4.73 Å². The van der Waals surface area contributed by atoms with E-state index in [0.29, 0.717) is 32.7 Å². The first kappa shape index (κ1) is 15.5. The number of fused-ring (bicyclic) bond motifs is 1. The van der Waals surface area contributed by atoms with Gasteiger partial charge in [-0.25, -0.2) is 4.73 Å². The number of hydrogen-bond acceptors (Lipinski definition) is 6. The van der Waals surface area contributed by atoms with Gasteiger partial charge in [0.1, 0.15) is 18.4 Å². The SMILES string of the molecule is CC(=O)c1nn(CC(=O)O)c2cnc(-c3cnc(C)[n+]([O-])c3)cc12. The topological polar surface area (TPSA) is 125 Å². The van der Waals surface area contributed by atoms with Crippen molar-refractivity contribution in [3.05, 3.63) is 41.4 Å². The summed E-state index contributed by atoms with van der Waals surface area (Å²) in [7, 11) is 0. The van der Waals surface area contributed by atoms with Gasteiger partial charge in [-0.05, 0) is 6.07 Å². The van der Waals surface area contributed by atoms with Gasteiger partial charge in [0.25, 0.3) is 5.82 Å². The van der Waals surface area contributed by atoms with Crippen LogP contribution in [0.3, 0.4) is 0 Å². The maximum absolute atomic E-state index is 11.8. The second kappa shape index (κ2) is 5.69. The van der Waals surface area contributed by atoms with Crippen molar-refractivity contribution in [1.29, 1.82) is 0 Å². The Morgan fingerprint density at radius 3 is 2.71 bits per heavy atom. The molecule has 3 aromatic rings. The van der Waals surface area contributed by atoms with Crippen LogP contribution in [-0.2, 0) is 11.3 Å². The van der Waals surface area contributed by atoms with Gasteiger partial charge in [-0.3, -0.25) is 19.3 Å². The van der Waals surface area contributed by atoms with Gasteiger partial charge in [0.2, 0.25) is 0 Å². The number of nitrogens with zero attached hydrogens (tertiary/aromatic N) is 5. The van der Waals surface area contributed by atoms with Crippen LogP contribution in [0.2, 0.25) is 0 Å². The molecule has 0 aliphatic carbocycles. The summed E-state index contributed by atoms with van der Waals surface area (Å²) in [6.07, 6.45) is 4.28. The largest absolute Gasteiger partial charge is 0.711 e. The minimum absolute atomic E-state index is 0.157. The van der Waals surface area contributed by atoms with Crippen LogP contribution in [-0.4, -0.2) is 36.6 Å². The minimum Gasteiger partial charge on any atom is -0.711 e. The second-order valence-electron chi connectivity index (χ2n) is 5.26. The Hall–Kier alpha value is -3.36. The molecule has 0 spiro atoms. The van der Waals surface area contributed by atoms with Crippen molar-refractivity contribution < 1.29 is 19.4 Å². The van der Waals surface area contributed by atoms with E-state index >= 15 is 0 Å². The van der Waals surface area contributed by atoms with E-state index < -0.39 is 5.97 Å². The lowest BCUT2D eigenvalue weighted by atomic mass is 10.1. The number of Topliss-reactive ketones (excluding diaryl/α,β-unsaturated/α-hetero) is 1. The monoisotopic (exact) mass is 327 g/mol. The summed E-state index contributed by atoms with van der Waals surface area (Å²) >= 11 is 0. The summed E-state index contributed by atoms with van der Waals surface area (Å²) < 4.78 is 1.84. The molecule has 0 radical (unpaired) electrons. The highest BCUT2D eigenvalue weighted by molar-refractivity contribution is 6.05. The number of aryl methyl sites for hydroxylation is 1. The Labute approximate surface area is 135 Å². The molecule has 3 rings (SSSR count). The van der Waals surface area contributed by atoms with Crippen LogP contribution >= 0.6 is 0 Å². The standard InChI is InChI=1S/C15H13N5O4/c1-8(21)15-11-3-12(10-4-16-9(2)20(24)6-10)17-5-13(11)19(18-15)7-14(22)23/h3-6H,7H2,1-2H3,(H,22,23). The average Bonchev–Trinajstić information content (AvgIpc) is 2.87. The van der Waals surface area contributed by atoms with Gasteiger partial charge in [-0.2, -0.15) is 5.10 Å². The molecule has 0 aromatic carbocycles. The van der Waals surface area contributed by atoms with Crippen molar-refractivity contribution >= 4 is 22.7 Å². The molecule has 0 fully saturated rings. The van der Waals surface area contributed by atoms with Gasteiger partial charge < -0.3 is 10.3 Å². The zero-order chi connectivity index (χ0) is 17.4. The lowest BCUT2D eigenvalue weighted by Crippen LogP contribution is -2.30. The Balaban J connectivity index is 2.19. The van der Waals surface area contributed by atoms with Crippen molar-refractivity contribution in [1.82, 2.24) is 19.7 Å².